The molecule has 0 spiro atoms. The van der Waals surface area contributed by atoms with Crippen molar-refractivity contribution < 1.29 is 13.2 Å². The molecule has 0 atom stereocenters. The zero-order valence-electron chi connectivity index (χ0n) is 18.9. The SMILES string of the molecule is CCCCn1c(SCC(=O)Nc2cc(C)nn2-c2ccccc2)nc2cc(S(N)(=O)=O)ccc21. The molecule has 0 fully saturated rings. The van der Waals surface area contributed by atoms with E-state index >= 15 is 0 Å². The lowest BCUT2D eigenvalue weighted by atomic mass is 10.3. The summed E-state index contributed by atoms with van der Waals surface area (Å²) in [6, 6.07) is 16.1. The Bertz CT molecular complexity index is 1430. The number of aromatic nitrogens is 4. The number of carbonyl (C=O) groups is 1. The lowest BCUT2D eigenvalue weighted by molar-refractivity contribution is -0.113. The molecule has 0 bridgehead atoms. The predicted octanol–water partition coefficient (Wildman–Crippen LogP) is 3.71. The average molecular weight is 499 g/mol. The van der Waals surface area contributed by atoms with Crippen LogP contribution in [0.3, 0.4) is 0 Å². The number of aryl methyl sites for hydroxylation is 2. The minimum atomic E-state index is -3.83. The quantitative estimate of drug-likeness (QED) is 0.339. The molecule has 4 aromatic rings. The second-order valence-corrected chi connectivity index (χ2v) is 10.4. The number of anilines is 1. The first kappa shape index (κ1) is 24.0. The van der Waals surface area contributed by atoms with Crippen LogP contribution in [-0.4, -0.2) is 39.4 Å². The Morgan fingerprint density at radius 2 is 1.91 bits per heavy atom. The van der Waals surface area contributed by atoms with Gasteiger partial charge in [-0.25, -0.2) is 23.2 Å². The van der Waals surface area contributed by atoms with Crippen LogP contribution in [0.5, 0.6) is 0 Å². The van der Waals surface area contributed by atoms with Crippen molar-refractivity contribution in [2.24, 2.45) is 5.14 Å². The number of nitrogens with zero attached hydrogens (tertiary/aromatic N) is 4. The van der Waals surface area contributed by atoms with Gasteiger partial charge in [-0.15, -0.1) is 0 Å². The van der Waals surface area contributed by atoms with Gasteiger partial charge in [-0.3, -0.25) is 4.79 Å². The number of imidazole rings is 1. The molecule has 2 aromatic carbocycles. The minimum absolute atomic E-state index is 0.0129. The van der Waals surface area contributed by atoms with Crippen molar-refractivity contribution in [2.75, 3.05) is 11.1 Å². The Morgan fingerprint density at radius 1 is 1.15 bits per heavy atom. The molecule has 178 valence electrons. The number of hydrogen-bond acceptors (Lipinski definition) is 6. The Labute approximate surface area is 202 Å². The number of rotatable bonds is 9. The summed E-state index contributed by atoms with van der Waals surface area (Å²) in [4.78, 5) is 17.4. The van der Waals surface area contributed by atoms with E-state index in [1.165, 1.54) is 23.9 Å². The number of nitrogens with two attached hydrogens (primary N) is 1. The monoisotopic (exact) mass is 498 g/mol. The first-order valence-electron chi connectivity index (χ1n) is 10.8. The summed E-state index contributed by atoms with van der Waals surface area (Å²) < 4.78 is 27.2. The van der Waals surface area contributed by atoms with E-state index in [1.54, 1.807) is 10.7 Å². The van der Waals surface area contributed by atoms with E-state index in [9.17, 15) is 13.2 Å². The van der Waals surface area contributed by atoms with Crippen LogP contribution in [0.15, 0.2) is 64.6 Å². The van der Waals surface area contributed by atoms with Crippen molar-refractivity contribution in [1.82, 2.24) is 19.3 Å². The van der Waals surface area contributed by atoms with E-state index < -0.39 is 10.0 Å². The summed E-state index contributed by atoms with van der Waals surface area (Å²) in [5, 5.41) is 13.3. The van der Waals surface area contributed by atoms with Crippen LogP contribution < -0.4 is 10.5 Å². The molecule has 1 amide bonds. The van der Waals surface area contributed by atoms with E-state index in [0.717, 1.165) is 29.7 Å². The smallest absolute Gasteiger partial charge is 0.238 e. The van der Waals surface area contributed by atoms with Gasteiger partial charge in [0.25, 0.3) is 0 Å². The summed E-state index contributed by atoms with van der Waals surface area (Å²) in [6.07, 6.45) is 1.92. The predicted molar refractivity (Wildman–Crippen MR) is 134 cm³/mol. The first-order chi connectivity index (χ1) is 16.3. The van der Waals surface area contributed by atoms with Gasteiger partial charge in [0.2, 0.25) is 15.9 Å². The van der Waals surface area contributed by atoms with Crippen molar-refractivity contribution in [1.29, 1.82) is 0 Å². The molecular formula is C23H26N6O3S2. The van der Waals surface area contributed by atoms with Gasteiger partial charge in [-0.2, -0.15) is 5.10 Å². The molecule has 0 aliphatic rings. The second kappa shape index (κ2) is 10.00. The van der Waals surface area contributed by atoms with Gasteiger partial charge in [-0.1, -0.05) is 43.3 Å². The summed E-state index contributed by atoms with van der Waals surface area (Å²) >= 11 is 1.30. The average Bonchev–Trinajstić information content (AvgIpc) is 3.35. The normalized spacial score (nSPS) is 11.7. The molecule has 2 aromatic heterocycles. The van der Waals surface area contributed by atoms with Crippen molar-refractivity contribution in [3.05, 3.63) is 60.3 Å². The molecule has 0 saturated heterocycles. The van der Waals surface area contributed by atoms with Gasteiger partial charge in [-0.05, 0) is 43.7 Å². The second-order valence-electron chi connectivity index (χ2n) is 7.85. The minimum Gasteiger partial charge on any atom is -0.319 e. The number of para-hydroxylation sites is 1. The zero-order chi connectivity index (χ0) is 24.3. The molecule has 0 saturated carbocycles. The van der Waals surface area contributed by atoms with Gasteiger partial charge < -0.3 is 9.88 Å². The van der Waals surface area contributed by atoms with E-state index in [0.29, 0.717) is 23.0 Å². The van der Waals surface area contributed by atoms with Gasteiger partial charge in [0, 0.05) is 12.6 Å². The number of benzene rings is 2. The molecule has 2 heterocycles. The topological polar surface area (TPSA) is 125 Å². The Hall–Kier alpha value is -3.15. The summed E-state index contributed by atoms with van der Waals surface area (Å²) in [5.74, 6) is 0.532. The number of amides is 1. The summed E-state index contributed by atoms with van der Waals surface area (Å²) in [6.45, 7) is 4.68. The number of thioether (sulfide) groups is 1. The maximum atomic E-state index is 12.8. The van der Waals surface area contributed by atoms with Crippen LogP contribution in [0.1, 0.15) is 25.5 Å². The number of unbranched alkanes of at least 4 members (excludes halogenated alkanes) is 1. The zero-order valence-corrected chi connectivity index (χ0v) is 20.6. The van der Waals surface area contributed by atoms with E-state index in [2.05, 4.69) is 22.3 Å². The van der Waals surface area contributed by atoms with Crippen molar-refractivity contribution in [3.63, 3.8) is 0 Å². The van der Waals surface area contributed by atoms with Gasteiger partial charge >= 0.3 is 0 Å². The van der Waals surface area contributed by atoms with Crippen LogP contribution in [0.25, 0.3) is 16.7 Å². The Balaban J connectivity index is 1.54. The van der Waals surface area contributed by atoms with Crippen molar-refractivity contribution in [2.45, 2.75) is 43.3 Å². The fraction of sp³-hybridized carbons (Fsp3) is 0.261. The van der Waals surface area contributed by atoms with E-state index in [-0.39, 0.29) is 16.6 Å². The number of nitrogens with one attached hydrogen (secondary N) is 1. The van der Waals surface area contributed by atoms with E-state index in [1.807, 2.05) is 47.9 Å². The Morgan fingerprint density at radius 3 is 2.62 bits per heavy atom. The molecule has 3 N–H and O–H groups in total. The van der Waals surface area contributed by atoms with Crippen LogP contribution in [-0.2, 0) is 21.4 Å². The molecule has 0 radical (unpaired) electrons. The van der Waals surface area contributed by atoms with Gasteiger partial charge in [0.1, 0.15) is 5.82 Å². The highest BCUT2D eigenvalue weighted by molar-refractivity contribution is 7.99. The highest BCUT2D eigenvalue weighted by Gasteiger charge is 2.17. The van der Waals surface area contributed by atoms with Gasteiger partial charge in [0.15, 0.2) is 5.16 Å². The maximum Gasteiger partial charge on any atom is 0.238 e. The highest BCUT2D eigenvalue weighted by atomic mass is 32.2. The number of sulfonamides is 1. The molecule has 9 nitrogen and oxygen atoms in total. The Kier molecular flexibility index (Phi) is 7.05. The van der Waals surface area contributed by atoms with Crippen molar-refractivity contribution >= 4 is 44.5 Å². The summed E-state index contributed by atoms with van der Waals surface area (Å²) in [5.41, 5.74) is 2.98. The standard InChI is InChI=1S/C23H26N6O3S2/c1-3-4-12-28-20-11-10-18(34(24,31)32)14-19(20)25-23(28)33-15-22(30)26-21-13-16(2)27-29(21)17-8-6-5-7-9-17/h5-11,13-14H,3-4,12,15H2,1-2H3,(H,26,30)(H2,24,31,32). The molecule has 0 aliphatic heterocycles. The number of hydrogen-bond donors (Lipinski definition) is 2. The molecule has 0 unspecified atom stereocenters. The summed E-state index contributed by atoms with van der Waals surface area (Å²) in [7, 11) is -3.83. The number of fused-ring (bicyclic) bond motifs is 1. The van der Waals surface area contributed by atoms with Crippen LogP contribution in [0.4, 0.5) is 5.82 Å². The van der Waals surface area contributed by atoms with Crippen LogP contribution in [0, 0.1) is 6.92 Å². The maximum absolute atomic E-state index is 12.8. The van der Waals surface area contributed by atoms with E-state index in [4.69, 9.17) is 5.14 Å². The number of carbonyl (C=O) groups excluding carboxylic acids is 1. The third-order valence-electron chi connectivity index (χ3n) is 5.18. The van der Waals surface area contributed by atoms with Crippen molar-refractivity contribution in [3.8, 4) is 5.69 Å². The molecule has 0 aliphatic carbocycles. The largest absolute Gasteiger partial charge is 0.319 e. The van der Waals surface area contributed by atoms with Gasteiger partial charge in [0.05, 0.1) is 33.1 Å². The molecule has 11 heteroatoms. The first-order valence-corrected chi connectivity index (χ1v) is 13.4. The molecule has 34 heavy (non-hydrogen) atoms. The fourth-order valence-electron chi connectivity index (χ4n) is 3.57. The van der Waals surface area contributed by atoms with Crippen LogP contribution in [0.2, 0.25) is 0 Å². The lowest BCUT2D eigenvalue weighted by Crippen LogP contribution is -2.17. The third-order valence-corrected chi connectivity index (χ3v) is 7.07. The fourth-order valence-corrected chi connectivity index (χ4v) is 4.94. The van der Waals surface area contributed by atoms with Crippen LogP contribution >= 0.6 is 11.8 Å². The number of primary sulfonamides is 1. The highest BCUT2D eigenvalue weighted by Crippen LogP contribution is 2.27. The molecule has 4 rings (SSSR count). The lowest BCUT2D eigenvalue weighted by Gasteiger charge is -2.10. The third kappa shape index (κ3) is 5.32. The molecular weight excluding hydrogens is 472 g/mol.